The second kappa shape index (κ2) is 14.9. The van der Waals surface area contributed by atoms with Gasteiger partial charge in [0.25, 0.3) is 0 Å². The van der Waals surface area contributed by atoms with Crippen molar-refractivity contribution in [2.24, 2.45) is 15.7 Å². The molecule has 0 radical (unpaired) electrons. The monoisotopic (exact) mass is 505 g/mol. The summed E-state index contributed by atoms with van der Waals surface area (Å²) in [5.74, 6) is 1.55. The van der Waals surface area contributed by atoms with E-state index in [-0.39, 0.29) is 6.10 Å². The van der Waals surface area contributed by atoms with Crippen LogP contribution in [0.5, 0.6) is 5.75 Å². The molecule has 9 heteroatoms. The summed E-state index contributed by atoms with van der Waals surface area (Å²) in [6.45, 7) is 10.4. The Balaban J connectivity index is 1.89. The van der Waals surface area contributed by atoms with Crippen LogP contribution in [-0.4, -0.2) is 77.2 Å². The van der Waals surface area contributed by atoms with Gasteiger partial charge in [-0.25, -0.2) is 4.99 Å². The number of rotatable bonds is 12. The Hall–Kier alpha value is -3.55. The summed E-state index contributed by atoms with van der Waals surface area (Å²) >= 11 is 0. The summed E-state index contributed by atoms with van der Waals surface area (Å²) in [7, 11) is 1.63. The second-order valence-electron chi connectivity index (χ2n) is 8.21. The molecular weight excluding hydrogens is 470 g/mol. The van der Waals surface area contributed by atoms with Gasteiger partial charge in [-0.1, -0.05) is 24.3 Å². The SMILES string of the molecule is C=N/C(=C\C(=NCC)N1CCOCC1)Oc1cc(C#N)ccc1-c1ccc(C(CN)OCCOC)cc1. The van der Waals surface area contributed by atoms with E-state index in [1.54, 1.807) is 25.3 Å². The number of hydrogen-bond acceptors (Lipinski definition) is 8. The Labute approximate surface area is 218 Å². The van der Waals surface area contributed by atoms with Crippen LogP contribution in [0.4, 0.5) is 0 Å². The lowest BCUT2D eigenvalue weighted by Crippen LogP contribution is -2.40. The van der Waals surface area contributed by atoms with Gasteiger partial charge in [0.1, 0.15) is 11.6 Å². The van der Waals surface area contributed by atoms with Crippen LogP contribution in [0.3, 0.4) is 0 Å². The number of nitrogens with zero attached hydrogens (tertiary/aromatic N) is 4. The van der Waals surface area contributed by atoms with Gasteiger partial charge in [-0.15, -0.1) is 0 Å². The highest BCUT2D eigenvalue weighted by molar-refractivity contribution is 5.93. The highest BCUT2D eigenvalue weighted by atomic mass is 16.5. The van der Waals surface area contributed by atoms with Crippen LogP contribution >= 0.6 is 0 Å². The van der Waals surface area contributed by atoms with Gasteiger partial charge in [0.05, 0.1) is 44.2 Å². The lowest BCUT2D eigenvalue weighted by atomic mass is 10.00. The van der Waals surface area contributed by atoms with E-state index in [1.165, 1.54) is 0 Å². The Morgan fingerprint density at radius 3 is 2.59 bits per heavy atom. The van der Waals surface area contributed by atoms with Crippen molar-refractivity contribution in [2.75, 3.05) is 59.7 Å². The van der Waals surface area contributed by atoms with E-state index in [2.05, 4.69) is 27.7 Å². The van der Waals surface area contributed by atoms with Gasteiger partial charge >= 0.3 is 0 Å². The number of nitriles is 1. The topological polar surface area (TPSA) is 115 Å². The molecule has 0 amide bonds. The molecule has 1 unspecified atom stereocenters. The molecule has 3 rings (SSSR count). The maximum atomic E-state index is 9.49. The summed E-state index contributed by atoms with van der Waals surface area (Å²) in [5, 5.41) is 9.49. The molecule has 9 nitrogen and oxygen atoms in total. The summed E-state index contributed by atoms with van der Waals surface area (Å²) in [6.07, 6.45) is 1.55. The van der Waals surface area contributed by atoms with Crippen molar-refractivity contribution in [1.29, 1.82) is 5.26 Å². The minimum atomic E-state index is -0.225. The minimum Gasteiger partial charge on any atom is -0.438 e. The molecule has 1 fully saturated rings. The molecule has 196 valence electrons. The van der Waals surface area contributed by atoms with Gasteiger partial charge in [-0.3, -0.25) is 4.99 Å². The predicted molar refractivity (Wildman–Crippen MR) is 145 cm³/mol. The van der Waals surface area contributed by atoms with Crippen LogP contribution in [0, 0.1) is 11.3 Å². The fourth-order valence-corrected chi connectivity index (χ4v) is 3.89. The zero-order chi connectivity index (χ0) is 26.5. The van der Waals surface area contributed by atoms with Gasteiger partial charge in [-0.2, -0.15) is 5.26 Å². The molecule has 0 bridgehead atoms. The summed E-state index contributed by atoms with van der Waals surface area (Å²) in [4.78, 5) is 10.8. The fraction of sp³-hybridized carbons (Fsp3) is 0.393. The largest absolute Gasteiger partial charge is 0.438 e. The van der Waals surface area contributed by atoms with Gasteiger partial charge in [0.15, 0.2) is 0 Å². The van der Waals surface area contributed by atoms with E-state index in [1.807, 2.05) is 37.3 Å². The lowest BCUT2D eigenvalue weighted by molar-refractivity contribution is 0.0207. The Kier molecular flexibility index (Phi) is 11.3. The van der Waals surface area contributed by atoms with Crippen molar-refractivity contribution in [3.8, 4) is 22.9 Å². The first-order valence-electron chi connectivity index (χ1n) is 12.3. The molecule has 1 atom stereocenters. The molecule has 2 aromatic carbocycles. The van der Waals surface area contributed by atoms with Crippen LogP contribution in [0.15, 0.2) is 64.4 Å². The van der Waals surface area contributed by atoms with E-state index in [4.69, 9.17) is 24.7 Å². The third-order valence-corrected chi connectivity index (χ3v) is 5.80. The number of hydrogen-bond donors (Lipinski definition) is 1. The van der Waals surface area contributed by atoms with Crippen LogP contribution < -0.4 is 10.5 Å². The number of benzene rings is 2. The number of nitrogens with two attached hydrogens (primary N) is 1. The van der Waals surface area contributed by atoms with Crippen LogP contribution in [0.2, 0.25) is 0 Å². The van der Waals surface area contributed by atoms with Crippen molar-refractivity contribution >= 4 is 12.6 Å². The minimum absolute atomic E-state index is 0.225. The fourth-order valence-electron chi connectivity index (χ4n) is 3.89. The maximum absolute atomic E-state index is 9.49. The first-order valence-corrected chi connectivity index (χ1v) is 12.3. The maximum Gasteiger partial charge on any atom is 0.222 e. The number of methoxy groups -OCH3 is 1. The molecule has 2 N–H and O–H groups in total. The highest BCUT2D eigenvalue weighted by Gasteiger charge is 2.17. The van der Waals surface area contributed by atoms with Crippen LogP contribution in [0.1, 0.15) is 24.2 Å². The van der Waals surface area contributed by atoms with Crippen LogP contribution in [0.25, 0.3) is 11.1 Å². The van der Waals surface area contributed by atoms with Gasteiger partial charge < -0.3 is 29.6 Å². The van der Waals surface area contributed by atoms with Crippen LogP contribution in [-0.2, 0) is 14.2 Å². The first-order chi connectivity index (χ1) is 18.1. The molecule has 0 spiro atoms. The molecule has 1 heterocycles. The zero-order valence-electron chi connectivity index (χ0n) is 21.6. The average Bonchev–Trinajstić information content (AvgIpc) is 2.95. The molecule has 1 aliphatic heterocycles. The van der Waals surface area contributed by atoms with E-state index in [0.717, 1.165) is 35.6 Å². The summed E-state index contributed by atoms with van der Waals surface area (Å²) in [6, 6.07) is 15.4. The molecular formula is C28H35N5O4. The number of morpholine rings is 1. The Morgan fingerprint density at radius 1 is 1.22 bits per heavy atom. The van der Waals surface area contributed by atoms with E-state index < -0.39 is 0 Å². The molecule has 1 saturated heterocycles. The first kappa shape index (κ1) is 28.0. The van der Waals surface area contributed by atoms with E-state index >= 15 is 0 Å². The van der Waals surface area contributed by atoms with Crippen molar-refractivity contribution in [3.05, 3.63) is 65.6 Å². The molecule has 0 aromatic heterocycles. The number of amidine groups is 1. The lowest BCUT2D eigenvalue weighted by Gasteiger charge is -2.28. The summed E-state index contributed by atoms with van der Waals surface area (Å²) in [5.41, 5.74) is 9.09. The van der Waals surface area contributed by atoms with Gasteiger partial charge in [0, 0.05) is 44.9 Å². The quantitative estimate of drug-likeness (QED) is 0.203. The Bertz CT molecular complexity index is 1120. The summed E-state index contributed by atoms with van der Waals surface area (Å²) < 4.78 is 22.6. The standard InChI is InChI=1S/C28H35N5O4/c1-4-32-27(33-11-13-35-14-12-33)18-28(31-2)37-25-17-21(19-29)5-10-24(25)22-6-8-23(9-7-22)26(20-30)36-16-15-34-3/h5-10,17-18,26H,2,4,11-16,20,30H2,1,3H3/b28-18+,32-27?. The highest BCUT2D eigenvalue weighted by Crippen LogP contribution is 2.33. The molecule has 0 saturated carbocycles. The predicted octanol–water partition coefficient (Wildman–Crippen LogP) is 3.56. The average molecular weight is 506 g/mol. The normalized spacial score (nSPS) is 15.2. The van der Waals surface area contributed by atoms with Crippen molar-refractivity contribution in [1.82, 2.24) is 4.90 Å². The smallest absolute Gasteiger partial charge is 0.222 e. The van der Waals surface area contributed by atoms with Gasteiger partial charge in [0.2, 0.25) is 5.88 Å². The van der Waals surface area contributed by atoms with Crippen molar-refractivity contribution in [2.45, 2.75) is 13.0 Å². The van der Waals surface area contributed by atoms with Crippen molar-refractivity contribution < 1.29 is 18.9 Å². The van der Waals surface area contributed by atoms with E-state index in [9.17, 15) is 5.26 Å². The van der Waals surface area contributed by atoms with Crippen molar-refractivity contribution in [3.63, 3.8) is 0 Å². The molecule has 37 heavy (non-hydrogen) atoms. The van der Waals surface area contributed by atoms with Gasteiger partial charge in [-0.05, 0) is 43.0 Å². The van der Waals surface area contributed by atoms with E-state index in [0.29, 0.717) is 56.7 Å². The molecule has 2 aromatic rings. The third kappa shape index (κ3) is 7.97. The Morgan fingerprint density at radius 2 is 1.97 bits per heavy atom. The molecule has 0 aliphatic carbocycles. The number of ether oxygens (including phenoxy) is 4. The molecule has 1 aliphatic rings. The third-order valence-electron chi connectivity index (χ3n) is 5.80. The zero-order valence-corrected chi connectivity index (χ0v) is 21.6. The second-order valence-corrected chi connectivity index (χ2v) is 8.21. The number of aliphatic imine (C=N–C) groups is 2.